The van der Waals surface area contributed by atoms with Gasteiger partial charge in [-0.3, -0.25) is 0 Å². The fourth-order valence-electron chi connectivity index (χ4n) is 2.00. The summed E-state index contributed by atoms with van der Waals surface area (Å²) < 4.78 is 0. The number of guanidine groups is 1. The van der Waals surface area contributed by atoms with Gasteiger partial charge in [-0.2, -0.15) is 0 Å². The van der Waals surface area contributed by atoms with Gasteiger partial charge in [-0.1, -0.05) is 19.8 Å². The zero-order chi connectivity index (χ0) is 10.6. The van der Waals surface area contributed by atoms with Gasteiger partial charge in [0.15, 0.2) is 5.96 Å². The second kappa shape index (κ2) is 5.23. The first-order valence-electron chi connectivity index (χ1n) is 5.69. The van der Waals surface area contributed by atoms with E-state index in [9.17, 15) is 0 Å². The Kier molecular flexibility index (Phi) is 4.23. The lowest BCUT2D eigenvalue weighted by Gasteiger charge is -2.26. The zero-order valence-corrected chi connectivity index (χ0v) is 9.59. The number of nitrogens with two attached hydrogens (primary N) is 1. The lowest BCUT2D eigenvalue weighted by Crippen LogP contribution is -2.38. The third kappa shape index (κ3) is 3.56. The van der Waals surface area contributed by atoms with Crippen molar-refractivity contribution in [1.29, 1.82) is 0 Å². The SMILES string of the molecule is CC(C)NC(N)=NC1CCCCC1C. The van der Waals surface area contributed by atoms with E-state index in [1.807, 2.05) is 0 Å². The molecule has 3 nitrogen and oxygen atoms in total. The highest BCUT2D eigenvalue weighted by molar-refractivity contribution is 5.78. The van der Waals surface area contributed by atoms with Crippen LogP contribution in [0.25, 0.3) is 0 Å². The first-order chi connectivity index (χ1) is 6.59. The molecular weight excluding hydrogens is 174 g/mol. The van der Waals surface area contributed by atoms with Crippen molar-refractivity contribution < 1.29 is 0 Å². The zero-order valence-electron chi connectivity index (χ0n) is 9.59. The monoisotopic (exact) mass is 197 g/mol. The Morgan fingerprint density at radius 3 is 2.57 bits per heavy atom. The minimum Gasteiger partial charge on any atom is -0.370 e. The summed E-state index contributed by atoms with van der Waals surface area (Å²) in [4.78, 5) is 4.54. The highest BCUT2D eigenvalue weighted by atomic mass is 15.1. The quantitative estimate of drug-likeness (QED) is 0.524. The maximum absolute atomic E-state index is 5.81. The number of rotatable bonds is 2. The molecule has 2 atom stereocenters. The molecule has 1 aliphatic carbocycles. The van der Waals surface area contributed by atoms with Crippen LogP contribution >= 0.6 is 0 Å². The van der Waals surface area contributed by atoms with E-state index in [0.29, 0.717) is 24.0 Å². The topological polar surface area (TPSA) is 50.4 Å². The molecule has 1 saturated carbocycles. The van der Waals surface area contributed by atoms with Gasteiger partial charge in [0.2, 0.25) is 0 Å². The van der Waals surface area contributed by atoms with E-state index in [0.717, 1.165) is 0 Å². The van der Waals surface area contributed by atoms with Crippen LogP contribution in [-0.4, -0.2) is 18.0 Å². The van der Waals surface area contributed by atoms with Gasteiger partial charge in [0.1, 0.15) is 0 Å². The van der Waals surface area contributed by atoms with Crippen molar-refractivity contribution in [2.45, 2.75) is 58.5 Å². The Bertz CT molecular complexity index is 199. The van der Waals surface area contributed by atoms with E-state index < -0.39 is 0 Å². The lowest BCUT2D eigenvalue weighted by molar-refractivity contribution is 0.332. The fraction of sp³-hybridized carbons (Fsp3) is 0.909. The van der Waals surface area contributed by atoms with Crippen LogP contribution in [0, 0.1) is 5.92 Å². The van der Waals surface area contributed by atoms with E-state index in [4.69, 9.17) is 5.73 Å². The Labute approximate surface area is 87.2 Å². The summed E-state index contributed by atoms with van der Waals surface area (Å²) in [6.07, 6.45) is 5.14. The minimum absolute atomic E-state index is 0.373. The Morgan fingerprint density at radius 1 is 1.36 bits per heavy atom. The summed E-state index contributed by atoms with van der Waals surface area (Å²) in [6, 6.07) is 0.813. The molecule has 0 aliphatic heterocycles. The summed E-state index contributed by atoms with van der Waals surface area (Å²) in [6.45, 7) is 6.43. The van der Waals surface area contributed by atoms with Crippen LogP contribution < -0.4 is 11.1 Å². The summed E-state index contributed by atoms with van der Waals surface area (Å²) in [7, 11) is 0. The smallest absolute Gasteiger partial charge is 0.189 e. The third-order valence-corrected chi connectivity index (χ3v) is 2.81. The first kappa shape index (κ1) is 11.3. The molecule has 82 valence electrons. The van der Waals surface area contributed by atoms with Crippen molar-refractivity contribution in [2.24, 2.45) is 16.6 Å². The van der Waals surface area contributed by atoms with Crippen LogP contribution in [0.15, 0.2) is 4.99 Å². The van der Waals surface area contributed by atoms with Crippen molar-refractivity contribution in [3.63, 3.8) is 0 Å². The minimum atomic E-state index is 0.373. The number of hydrogen-bond acceptors (Lipinski definition) is 1. The van der Waals surface area contributed by atoms with Gasteiger partial charge < -0.3 is 11.1 Å². The fourth-order valence-corrected chi connectivity index (χ4v) is 2.00. The molecule has 1 fully saturated rings. The van der Waals surface area contributed by atoms with Gasteiger partial charge in [0.05, 0.1) is 6.04 Å². The van der Waals surface area contributed by atoms with Crippen molar-refractivity contribution in [1.82, 2.24) is 5.32 Å². The van der Waals surface area contributed by atoms with E-state index in [2.05, 4.69) is 31.1 Å². The van der Waals surface area contributed by atoms with E-state index in [1.165, 1.54) is 25.7 Å². The van der Waals surface area contributed by atoms with Gasteiger partial charge >= 0.3 is 0 Å². The van der Waals surface area contributed by atoms with Gasteiger partial charge in [-0.25, -0.2) is 4.99 Å². The molecule has 0 radical (unpaired) electrons. The Hall–Kier alpha value is -0.730. The Balaban J connectivity index is 2.46. The average Bonchev–Trinajstić information content (AvgIpc) is 2.07. The predicted octanol–water partition coefficient (Wildman–Crippen LogP) is 1.88. The van der Waals surface area contributed by atoms with E-state index >= 15 is 0 Å². The van der Waals surface area contributed by atoms with Gasteiger partial charge in [-0.05, 0) is 32.6 Å². The molecule has 0 aromatic rings. The number of aliphatic imine (C=N–C) groups is 1. The van der Waals surface area contributed by atoms with Gasteiger partial charge in [0, 0.05) is 6.04 Å². The second-order valence-electron chi connectivity index (χ2n) is 4.64. The molecule has 14 heavy (non-hydrogen) atoms. The van der Waals surface area contributed by atoms with Crippen LogP contribution in [-0.2, 0) is 0 Å². The van der Waals surface area contributed by atoms with Crippen molar-refractivity contribution in [3.8, 4) is 0 Å². The standard InChI is InChI=1S/C11H23N3/c1-8(2)13-11(12)14-10-7-5-4-6-9(10)3/h8-10H,4-7H2,1-3H3,(H3,12,13,14). The average molecular weight is 197 g/mol. The first-order valence-corrected chi connectivity index (χ1v) is 5.69. The Morgan fingerprint density at radius 2 is 2.00 bits per heavy atom. The van der Waals surface area contributed by atoms with Gasteiger partial charge in [-0.15, -0.1) is 0 Å². The van der Waals surface area contributed by atoms with Crippen LogP contribution in [0.1, 0.15) is 46.5 Å². The molecule has 0 bridgehead atoms. The van der Waals surface area contributed by atoms with Gasteiger partial charge in [0.25, 0.3) is 0 Å². The highest BCUT2D eigenvalue weighted by Gasteiger charge is 2.20. The number of nitrogens with one attached hydrogen (secondary N) is 1. The van der Waals surface area contributed by atoms with Crippen molar-refractivity contribution in [3.05, 3.63) is 0 Å². The molecule has 3 N–H and O–H groups in total. The maximum Gasteiger partial charge on any atom is 0.189 e. The summed E-state index contributed by atoms with van der Waals surface area (Å²) >= 11 is 0. The normalized spacial score (nSPS) is 29.3. The largest absolute Gasteiger partial charge is 0.370 e. The molecule has 1 rings (SSSR count). The van der Waals surface area contributed by atoms with Crippen LogP contribution in [0.2, 0.25) is 0 Å². The molecule has 0 aromatic carbocycles. The predicted molar refractivity (Wildman–Crippen MR) is 61.3 cm³/mol. The highest BCUT2D eigenvalue weighted by Crippen LogP contribution is 2.26. The summed E-state index contributed by atoms with van der Waals surface area (Å²) in [5, 5.41) is 3.14. The van der Waals surface area contributed by atoms with E-state index in [1.54, 1.807) is 0 Å². The second-order valence-corrected chi connectivity index (χ2v) is 4.64. The molecule has 0 heterocycles. The van der Waals surface area contributed by atoms with Crippen molar-refractivity contribution in [2.75, 3.05) is 0 Å². The van der Waals surface area contributed by atoms with Crippen LogP contribution in [0.3, 0.4) is 0 Å². The maximum atomic E-state index is 5.81. The molecule has 0 spiro atoms. The molecular formula is C11H23N3. The molecule has 3 heteroatoms. The molecule has 0 aromatic heterocycles. The summed E-state index contributed by atoms with van der Waals surface area (Å²) in [5.74, 6) is 1.30. The third-order valence-electron chi connectivity index (χ3n) is 2.81. The molecule has 0 saturated heterocycles. The van der Waals surface area contributed by atoms with Crippen LogP contribution in [0.4, 0.5) is 0 Å². The molecule has 1 aliphatic rings. The number of hydrogen-bond donors (Lipinski definition) is 2. The molecule has 2 unspecified atom stereocenters. The number of nitrogens with zero attached hydrogens (tertiary/aromatic N) is 1. The summed E-state index contributed by atoms with van der Waals surface area (Å²) in [5.41, 5.74) is 5.81. The van der Waals surface area contributed by atoms with Crippen LogP contribution in [0.5, 0.6) is 0 Å². The molecule has 0 amide bonds. The lowest BCUT2D eigenvalue weighted by atomic mass is 9.86. The van der Waals surface area contributed by atoms with Crippen molar-refractivity contribution >= 4 is 5.96 Å². The van der Waals surface area contributed by atoms with E-state index in [-0.39, 0.29) is 0 Å².